The van der Waals surface area contributed by atoms with E-state index in [-0.39, 0.29) is 11.9 Å². The van der Waals surface area contributed by atoms with Crippen LogP contribution in [0.5, 0.6) is 0 Å². The molecule has 3 nitrogen and oxygen atoms in total. The van der Waals surface area contributed by atoms with E-state index in [0.717, 1.165) is 21.5 Å². The van der Waals surface area contributed by atoms with Crippen LogP contribution >= 0.6 is 34.9 Å². The molecule has 1 aliphatic heterocycles. The van der Waals surface area contributed by atoms with E-state index < -0.39 is 0 Å². The SMILES string of the molecule is Cc1csc(SCC(=O)N2c3ccccc3SC[C@@H]2c2ccccc2)n1. The van der Waals surface area contributed by atoms with Crippen molar-refractivity contribution in [3.05, 3.63) is 71.2 Å². The number of nitrogens with zero attached hydrogens (tertiary/aromatic N) is 2. The molecule has 0 radical (unpaired) electrons. The maximum absolute atomic E-state index is 13.2. The van der Waals surface area contributed by atoms with Gasteiger partial charge in [-0.05, 0) is 24.6 Å². The van der Waals surface area contributed by atoms with E-state index in [1.807, 2.05) is 65.4 Å². The Kier molecular flexibility index (Phi) is 5.33. The van der Waals surface area contributed by atoms with Crippen LogP contribution in [0.4, 0.5) is 5.69 Å². The van der Waals surface area contributed by atoms with Crippen LogP contribution in [-0.4, -0.2) is 22.4 Å². The molecule has 1 atom stereocenters. The molecule has 1 amide bonds. The Morgan fingerprint density at radius 3 is 2.73 bits per heavy atom. The van der Waals surface area contributed by atoms with Gasteiger partial charge in [-0.15, -0.1) is 23.1 Å². The highest BCUT2D eigenvalue weighted by Gasteiger charge is 2.32. The number of rotatable bonds is 4. The van der Waals surface area contributed by atoms with E-state index in [9.17, 15) is 4.79 Å². The number of thiazole rings is 1. The van der Waals surface area contributed by atoms with E-state index in [0.29, 0.717) is 5.75 Å². The van der Waals surface area contributed by atoms with E-state index in [4.69, 9.17) is 0 Å². The van der Waals surface area contributed by atoms with Crippen LogP contribution in [0.2, 0.25) is 0 Å². The lowest BCUT2D eigenvalue weighted by Gasteiger charge is -2.37. The van der Waals surface area contributed by atoms with Crippen molar-refractivity contribution in [2.45, 2.75) is 22.2 Å². The number of aryl methyl sites for hydroxylation is 1. The van der Waals surface area contributed by atoms with Gasteiger partial charge in [-0.2, -0.15) is 0 Å². The van der Waals surface area contributed by atoms with Crippen molar-refractivity contribution in [2.75, 3.05) is 16.4 Å². The van der Waals surface area contributed by atoms with Crippen LogP contribution in [-0.2, 0) is 4.79 Å². The third-order valence-corrected chi connectivity index (χ3v) is 7.47. The highest BCUT2D eigenvalue weighted by molar-refractivity contribution is 8.01. The smallest absolute Gasteiger partial charge is 0.238 e. The van der Waals surface area contributed by atoms with E-state index in [1.54, 1.807) is 11.3 Å². The second kappa shape index (κ2) is 7.86. The standard InChI is InChI=1S/C20H18N2OS3/c1-14-11-25-20(21-14)26-13-19(23)22-16-9-5-6-10-18(16)24-12-17(22)15-7-3-2-4-8-15/h2-11,17H,12-13H2,1H3/t17-/m1/s1. The fraction of sp³-hybridized carbons (Fsp3) is 0.200. The zero-order valence-corrected chi connectivity index (χ0v) is 16.7. The Labute approximate surface area is 165 Å². The molecule has 0 N–H and O–H groups in total. The summed E-state index contributed by atoms with van der Waals surface area (Å²) >= 11 is 4.94. The maximum Gasteiger partial charge on any atom is 0.238 e. The molecule has 2 heterocycles. The molecule has 0 unspecified atom stereocenters. The summed E-state index contributed by atoms with van der Waals surface area (Å²) < 4.78 is 0.951. The maximum atomic E-state index is 13.2. The number of para-hydroxylation sites is 1. The number of aromatic nitrogens is 1. The second-order valence-corrected chi connectivity index (χ2v) is 9.15. The van der Waals surface area contributed by atoms with Crippen LogP contribution in [0.3, 0.4) is 0 Å². The van der Waals surface area contributed by atoms with Crippen LogP contribution in [0.15, 0.2) is 69.2 Å². The summed E-state index contributed by atoms with van der Waals surface area (Å²) in [6, 6.07) is 18.5. The van der Waals surface area contributed by atoms with E-state index in [2.05, 4.69) is 23.2 Å². The Hall–Kier alpha value is -1.76. The van der Waals surface area contributed by atoms with Gasteiger partial charge in [-0.3, -0.25) is 4.79 Å². The van der Waals surface area contributed by atoms with Crippen molar-refractivity contribution in [2.24, 2.45) is 0 Å². The number of amides is 1. The van der Waals surface area contributed by atoms with E-state index in [1.165, 1.54) is 22.2 Å². The van der Waals surface area contributed by atoms with Gasteiger partial charge in [0.2, 0.25) is 5.91 Å². The van der Waals surface area contributed by atoms with E-state index >= 15 is 0 Å². The summed E-state index contributed by atoms with van der Waals surface area (Å²) in [7, 11) is 0. The van der Waals surface area contributed by atoms with Gasteiger partial charge >= 0.3 is 0 Å². The van der Waals surface area contributed by atoms with Gasteiger partial charge < -0.3 is 4.90 Å². The highest BCUT2D eigenvalue weighted by Crippen LogP contribution is 2.43. The molecule has 6 heteroatoms. The first-order valence-corrected chi connectivity index (χ1v) is 11.2. The minimum absolute atomic E-state index is 0.0576. The molecule has 0 saturated heterocycles. The summed E-state index contributed by atoms with van der Waals surface area (Å²) in [5.41, 5.74) is 3.20. The predicted molar refractivity (Wildman–Crippen MR) is 111 cm³/mol. The lowest BCUT2D eigenvalue weighted by atomic mass is 10.1. The molecule has 2 aromatic carbocycles. The minimum atomic E-state index is 0.0576. The number of thioether (sulfide) groups is 2. The Morgan fingerprint density at radius 2 is 1.96 bits per heavy atom. The quantitative estimate of drug-likeness (QED) is 0.549. The van der Waals surface area contributed by atoms with Gasteiger partial charge in [0.1, 0.15) is 0 Å². The van der Waals surface area contributed by atoms with Crippen LogP contribution in [0, 0.1) is 6.92 Å². The van der Waals surface area contributed by atoms with Crippen molar-refractivity contribution in [1.82, 2.24) is 4.98 Å². The van der Waals surface area contributed by atoms with Crippen molar-refractivity contribution < 1.29 is 4.79 Å². The molecule has 0 fully saturated rings. The van der Waals surface area contributed by atoms with Gasteiger partial charge in [-0.25, -0.2) is 4.98 Å². The zero-order valence-electron chi connectivity index (χ0n) is 14.3. The number of benzene rings is 2. The Balaban J connectivity index is 1.62. The molecule has 132 valence electrons. The predicted octanol–water partition coefficient (Wildman–Crippen LogP) is 5.42. The van der Waals surface area contributed by atoms with Crippen molar-refractivity contribution in [3.63, 3.8) is 0 Å². The normalized spacial score (nSPS) is 16.3. The third-order valence-electron chi connectivity index (χ3n) is 4.20. The number of carbonyl (C=O) groups excluding carboxylic acids is 1. The van der Waals surface area contributed by atoms with Crippen molar-refractivity contribution >= 4 is 46.5 Å². The first kappa shape index (κ1) is 17.6. The van der Waals surface area contributed by atoms with Gasteiger partial charge in [-0.1, -0.05) is 54.2 Å². The molecule has 1 aliphatic rings. The minimum Gasteiger partial charge on any atom is -0.302 e. The van der Waals surface area contributed by atoms with Gasteiger partial charge in [0.25, 0.3) is 0 Å². The summed E-state index contributed by atoms with van der Waals surface area (Å²) in [5.74, 6) is 1.40. The molecule has 0 saturated carbocycles. The van der Waals surface area contributed by atoms with Crippen LogP contribution < -0.4 is 4.90 Å². The molecule has 1 aromatic heterocycles. The summed E-state index contributed by atoms with van der Waals surface area (Å²) in [5, 5.41) is 2.02. The average molecular weight is 399 g/mol. The van der Waals surface area contributed by atoms with Gasteiger partial charge in [0.15, 0.2) is 4.34 Å². The summed E-state index contributed by atoms with van der Waals surface area (Å²) in [6.07, 6.45) is 0. The monoisotopic (exact) mass is 398 g/mol. The van der Waals surface area contributed by atoms with Gasteiger partial charge in [0.05, 0.1) is 17.5 Å². The fourth-order valence-electron chi connectivity index (χ4n) is 3.01. The highest BCUT2D eigenvalue weighted by atomic mass is 32.2. The van der Waals surface area contributed by atoms with Crippen LogP contribution in [0.1, 0.15) is 17.3 Å². The summed E-state index contributed by atoms with van der Waals surface area (Å²) in [4.78, 5) is 20.8. The molecule has 4 rings (SSSR count). The summed E-state index contributed by atoms with van der Waals surface area (Å²) in [6.45, 7) is 1.98. The first-order chi connectivity index (χ1) is 12.7. The lowest BCUT2D eigenvalue weighted by molar-refractivity contribution is -0.116. The number of anilines is 1. The Morgan fingerprint density at radius 1 is 1.19 bits per heavy atom. The number of hydrogen-bond acceptors (Lipinski definition) is 5. The van der Waals surface area contributed by atoms with Crippen LogP contribution in [0.25, 0.3) is 0 Å². The number of carbonyl (C=O) groups is 1. The van der Waals surface area contributed by atoms with Gasteiger partial charge in [0, 0.05) is 21.7 Å². The first-order valence-electron chi connectivity index (χ1n) is 8.36. The fourth-order valence-corrected chi connectivity index (χ4v) is 5.89. The largest absolute Gasteiger partial charge is 0.302 e. The van der Waals surface area contributed by atoms with Crippen molar-refractivity contribution in [1.29, 1.82) is 0 Å². The third kappa shape index (κ3) is 3.68. The lowest BCUT2D eigenvalue weighted by Crippen LogP contribution is -2.39. The second-order valence-electron chi connectivity index (χ2n) is 6.01. The van der Waals surface area contributed by atoms with Crippen molar-refractivity contribution in [3.8, 4) is 0 Å². The Bertz CT molecular complexity index is 910. The molecular formula is C20H18N2OS3. The molecular weight excluding hydrogens is 380 g/mol. The molecule has 26 heavy (non-hydrogen) atoms. The molecule has 0 spiro atoms. The zero-order chi connectivity index (χ0) is 17.9. The molecule has 3 aromatic rings. The molecule has 0 bridgehead atoms. The topological polar surface area (TPSA) is 33.2 Å². The number of fused-ring (bicyclic) bond motifs is 1. The number of hydrogen-bond donors (Lipinski definition) is 0. The average Bonchev–Trinajstić information content (AvgIpc) is 3.11. The molecule has 0 aliphatic carbocycles.